The van der Waals surface area contributed by atoms with Crippen molar-refractivity contribution in [2.75, 3.05) is 16.4 Å². The summed E-state index contributed by atoms with van der Waals surface area (Å²) in [6.45, 7) is 0.424. The Hall–Kier alpha value is -2.85. The molecule has 32 heavy (non-hydrogen) atoms. The molecule has 0 aromatic heterocycles. The summed E-state index contributed by atoms with van der Waals surface area (Å²) in [7, 11) is -3.17. The summed E-state index contributed by atoms with van der Waals surface area (Å²) in [4.78, 5) is 28.8. The van der Waals surface area contributed by atoms with Gasteiger partial charge in [0.15, 0.2) is 15.0 Å². The molecule has 2 aliphatic rings. The molecule has 2 unspecified atom stereocenters. The van der Waals surface area contributed by atoms with E-state index in [1.54, 1.807) is 17.0 Å². The van der Waals surface area contributed by atoms with Crippen LogP contribution >= 0.6 is 11.8 Å². The van der Waals surface area contributed by atoms with Crippen LogP contribution in [0.1, 0.15) is 18.4 Å². The topological polar surface area (TPSA) is 113 Å². The lowest BCUT2D eigenvalue weighted by Gasteiger charge is -2.24. The predicted octanol–water partition coefficient (Wildman–Crippen LogP) is 2.73. The monoisotopic (exact) mass is 474 g/mol. The van der Waals surface area contributed by atoms with Gasteiger partial charge in [0.2, 0.25) is 5.91 Å². The number of amides is 1. The third kappa shape index (κ3) is 5.31. The number of aliphatic carboxylic acids is 1. The molecule has 2 aromatic carbocycles. The van der Waals surface area contributed by atoms with E-state index < -0.39 is 21.7 Å². The molecule has 2 aromatic rings. The molecule has 0 saturated carbocycles. The number of carbonyl (C=O) groups excluding carboxylic acids is 1. The quantitative estimate of drug-likeness (QED) is 0.652. The Labute approximate surface area is 190 Å². The minimum Gasteiger partial charge on any atom is -0.489 e. The smallest absolute Gasteiger partial charge is 0.303 e. The van der Waals surface area contributed by atoms with Gasteiger partial charge in [-0.25, -0.2) is 8.42 Å². The molecular weight excluding hydrogens is 452 g/mol. The molecule has 2 saturated heterocycles. The molecule has 0 aliphatic carbocycles. The number of sulfone groups is 1. The van der Waals surface area contributed by atoms with Crippen molar-refractivity contribution in [1.82, 2.24) is 0 Å². The van der Waals surface area contributed by atoms with Crippen LogP contribution in [0.2, 0.25) is 0 Å². The number of hydrogen-bond acceptors (Lipinski definition) is 6. The molecule has 0 spiro atoms. The molecular formula is C22H22N2O6S2. The van der Waals surface area contributed by atoms with E-state index in [1.165, 1.54) is 11.8 Å². The molecule has 2 heterocycles. The predicted molar refractivity (Wildman–Crippen MR) is 123 cm³/mol. The zero-order chi connectivity index (χ0) is 22.7. The molecule has 2 atom stereocenters. The van der Waals surface area contributed by atoms with Gasteiger partial charge in [-0.05, 0) is 29.8 Å². The normalized spacial score (nSPS) is 22.6. The number of benzene rings is 2. The van der Waals surface area contributed by atoms with E-state index in [2.05, 4.69) is 4.99 Å². The molecule has 0 bridgehead atoms. The second kappa shape index (κ2) is 9.33. The van der Waals surface area contributed by atoms with Crippen LogP contribution in [0.25, 0.3) is 0 Å². The number of carboxylic acid groups (broad SMARTS) is 1. The highest BCUT2D eigenvalue weighted by Gasteiger charge is 2.49. The SMILES string of the molecule is O=C(O)CCC(=O)N=C1SC2CS(=O)(=O)CC2N1c1ccc(OCc2ccccc2)cc1. The molecule has 4 rings (SSSR count). The van der Waals surface area contributed by atoms with Gasteiger partial charge in [-0.1, -0.05) is 42.1 Å². The number of carbonyl (C=O) groups is 2. The van der Waals surface area contributed by atoms with E-state index in [0.29, 0.717) is 23.2 Å². The molecule has 1 N–H and O–H groups in total. The maximum atomic E-state index is 12.2. The average molecular weight is 475 g/mol. The Balaban J connectivity index is 1.53. The molecule has 0 radical (unpaired) electrons. The number of thioether (sulfide) groups is 1. The standard InChI is InChI=1S/C22H22N2O6S2/c25-20(10-11-21(26)27)23-22-24(18-13-32(28,29)14-19(18)31-22)16-6-8-17(9-7-16)30-12-15-4-2-1-3-5-15/h1-9,18-19H,10-14H2,(H,26,27). The van der Waals surface area contributed by atoms with Crippen molar-refractivity contribution in [3.05, 3.63) is 60.2 Å². The number of ether oxygens (including phenoxy) is 1. The van der Waals surface area contributed by atoms with Crippen molar-refractivity contribution >= 4 is 44.3 Å². The first-order valence-electron chi connectivity index (χ1n) is 10.1. The van der Waals surface area contributed by atoms with Crippen LogP contribution in [0.3, 0.4) is 0 Å². The fourth-order valence-electron chi connectivity index (χ4n) is 3.69. The van der Waals surface area contributed by atoms with E-state index >= 15 is 0 Å². The van der Waals surface area contributed by atoms with Crippen LogP contribution in [0, 0.1) is 0 Å². The van der Waals surface area contributed by atoms with Crippen LogP contribution < -0.4 is 9.64 Å². The lowest BCUT2D eigenvalue weighted by atomic mass is 10.2. The van der Waals surface area contributed by atoms with Gasteiger partial charge in [0.25, 0.3) is 0 Å². The van der Waals surface area contributed by atoms with Crippen molar-refractivity contribution in [2.45, 2.75) is 30.7 Å². The maximum absolute atomic E-state index is 12.2. The fraction of sp³-hybridized carbons (Fsp3) is 0.318. The number of nitrogens with zero attached hydrogens (tertiary/aromatic N) is 2. The first kappa shape index (κ1) is 22.3. The average Bonchev–Trinajstić information content (AvgIpc) is 3.22. The maximum Gasteiger partial charge on any atom is 0.303 e. The summed E-state index contributed by atoms with van der Waals surface area (Å²) in [5.74, 6) is -0.927. The molecule has 8 nitrogen and oxygen atoms in total. The number of carboxylic acids is 1. The first-order chi connectivity index (χ1) is 15.3. The number of anilines is 1. The second-order valence-corrected chi connectivity index (χ2v) is 11.0. The minimum atomic E-state index is -3.17. The first-order valence-corrected chi connectivity index (χ1v) is 12.8. The summed E-state index contributed by atoms with van der Waals surface area (Å²) in [5, 5.41) is 8.97. The van der Waals surface area contributed by atoms with Crippen LogP contribution in [0.4, 0.5) is 5.69 Å². The van der Waals surface area contributed by atoms with Crippen molar-refractivity contribution < 1.29 is 27.9 Å². The molecule has 10 heteroatoms. The van der Waals surface area contributed by atoms with E-state index in [9.17, 15) is 18.0 Å². The van der Waals surface area contributed by atoms with Crippen LogP contribution in [0.15, 0.2) is 59.6 Å². The zero-order valence-corrected chi connectivity index (χ0v) is 18.7. The van der Waals surface area contributed by atoms with Crippen molar-refractivity contribution in [1.29, 1.82) is 0 Å². The second-order valence-electron chi connectivity index (χ2n) is 7.62. The van der Waals surface area contributed by atoms with Gasteiger partial charge in [-0.3, -0.25) is 9.59 Å². The van der Waals surface area contributed by atoms with Gasteiger partial charge >= 0.3 is 5.97 Å². The van der Waals surface area contributed by atoms with Gasteiger partial charge in [-0.2, -0.15) is 4.99 Å². The fourth-order valence-corrected chi connectivity index (χ4v) is 7.62. The minimum absolute atomic E-state index is 0.0146. The van der Waals surface area contributed by atoms with Crippen molar-refractivity contribution in [2.24, 2.45) is 4.99 Å². The van der Waals surface area contributed by atoms with E-state index in [4.69, 9.17) is 9.84 Å². The summed E-state index contributed by atoms with van der Waals surface area (Å²) in [5.41, 5.74) is 1.75. The number of hydrogen-bond donors (Lipinski definition) is 1. The lowest BCUT2D eigenvalue weighted by molar-refractivity contribution is -0.138. The highest BCUT2D eigenvalue weighted by Crippen LogP contribution is 2.41. The van der Waals surface area contributed by atoms with Crippen molar-refractivity contribution in [3.8, 4) is 5.75 Å². The third-order valence-electron chi connectivity index (χ3n) is 5.20. The number of fused-ring (bicyclic) bond motifs is 1. The van der Waals surface area contributed by atoms with E-state index in [1.807, 2.05) is 42.5 Å². The number of aliphatic imine (C=N–C) groups is 1. The van der Waals surface area contributed by atoms with Crippen molar-refractivity contribution in [3.63, 3.8) is 0 Å². The number of rotatable bonds is 7. The Morgan fingerprint density at radius 1 is 1.06 bits per heavy atom. The zero-order valence-electron chi connectivity index (χ0n) is 17.1. The lowest BCUT2D eigenvalue weighted by Crippen LogP contribution is -2.37. The van der Waals surface area contributed by atoms with Crippen LogP contribution in [-0.2, 0) is 26.0 Å². The summed E-state index contributed by atoms with van der Waals surface area (Å²) in [6, 6.07) is 16.7. The van der Waals surface area contributed by atoms with Gasteiger partial charge in [0.05, 0.1) is 24.0 Å². The Bertz CT molecular complexity index is 1130. The largest absolute Gasteiger partial charge is 0.489 e. The molecule has 2 aliphatic heterocycles. The van der Waals surface area contributed by atoms with Gasteiger partial charge in [-0.15, -0.1) is 0 Å². The van der Waals surface area contributed by atoms with Crippen LogP contribution in [-0.4, -0.2) is 53.4 Å². The van der Waals surface area contributed by atoms with Gasteiger partial charge in [0.1, 0.15) is 12.4 Å². The van der Waals surface area contributed by atoms with E-state index in [-0.39, 0.29) is 35.6 Å². The Morgan fingerprint density at radius 2 is 1.78 bits per heavy atom. The third-order valence-corrected chi connectivity index (χ3v) is 8.41. The summed E-state index contributed by atoms with van der Waals surface area (Å²) >= 11 is 1.26. The molecule has 1 amide bonds. The highest BCUT2D eigenvalue weighted by atomic mass is 32.2. The summed E-state index contributed by atoms with van der Waals surface area (Å²) in [6.07, 6.45) is -0.498. The number of amidine groups is 1. The van der Waals surface area contributed by atoms with Gasteiger partial charge in [0, 0.05) is 17.4 Å². The molecule has 168 valence electrons. The molecule has 2 fully saturated rings. The van der Waals surface area contributed by atoms with E-state index in [0.717, 1.165) is 5.56 Å². The Kier molecular flexibility index (Phi) is 6.52. The summed E-state index contributed by atoms with van der Waals surface area (Å²) < 4.78 is 30.2. The highest BCUT2D eigenvalue weighted by molar-refractivity contribution is 8.16. The van der Waals surface area contributed by atoms with Crippen LogP contribution in [0.5, 0.6) is 5.75 Å². The Morgan fingerprint density at radius 3 is 2.47 bits per heavy atom. The van der Waals surface area contributed by atoms with Gasteiger partial charge < -0.3 is 14.7 Å².